The van der Waals surface area contributed by atoms with Crippen molar-refractivity contribution in [2.75, 3.05) is 12.3 Å². The normalized spacial score (nSPS) is 18.2. The molecule has 2 aromatic rings. The number of urea groups is 1. The topological polar surface area (TPSA) is 134 Å². The Kier molecular flexibility index (Phi) is 7.92. The van der Waals surface area contributed by atoms with Crippen molar-refractivity contribution in [3.8, 4) is 11.3 Å². The number of imidazole rings is 1. The Balaban J connectivity index is 1.60. The third kappa shape index (κ3) is 6.65. The molecule has 13 heteroatoms. The fourth-order valence-corrected chi connectivity index (χ4v) is 5.24. The second kappa shape index (κ2) is 10.5. The standard InChI is InChI=1S/C20H26ClFN6O4S/c1-3-23-20(30)25-14-5-4-12(6-14)10-33(31,32)27-26-19(29)15-7-13(8-16(21)18(15)22)17-9-28(2)11-24-17/h7-9,11-12,14,27H,3-6,10H2,1-2H3,(H,26,29)(H2,23,25,30). The molecule has 4 N–H and O–H groups in total. The number of sulfonamides is 1. The molecule has 180 valence electrons. The molecule has 3 rings (SSSR count). The van der Waals surface area contributed by atoms with Gasteiger partial charge >= 0.3 is 6.03 Å². The molecule has 3 amide bonds. The van der Waals surface area contributed by atoms with Gasteiger partial charge in [-0.25, -0.2) is 22.6 Å². The van der Waals surface area contributed by atoms with Crippen LogP contribution >= 0.6 is 11.6 Å². The van der Waals surface area contributed by atoms with E-state index in [0.29, 0.717) is 37.1 Å². The van der Waals surface area contributed by atoms with Gasteiger partial charge in [0.05, 0.1) is 28.4 Å². The van der Waals surface area contributed by atoms with Crippen LogP contribution in [0.5, 0.6) is 0 Å². The third-order valence-electron chi connectivity index (χ3n) is 5.26. The zero-order chi connectivity index (χ0) is 24.2. The van der Waals surface area contributed by atoms with E-state index in [1.807, 2.05) is 10.3 Å². The van der Waals surface area contributed by atoms with Gasteiger partial charge in [0.1, 0.15) is 0 Å². The van der Waals surface area contributed by atoms with Crippen molar-refractivity contribution in [3.63, 3.8) is 0 Å². The average Bonchev–Trinajstić information content (AvgIpc) is 3.36. The summed E-state index contributed by atoms with van der Waals surface area (Å²) >= 11 is 5.93. The molecule has 0 saturated heterocycles. The Bertz CT molecular complexity index is 1140. The van der Waals surface area contributed by atoms with Crippen molar-refractivity contribution in [3.05, 3.63) is 41.1 Å². The Hall–Kier alpha value is -2.70. The highest BCUT2D eigenvalue weighted by Gasteiger charge is 2.30. The van der Waals surface area contributed by atoms with Crippen molar-refractivity contribution in [1.82, 2.24) is 30.4 Å². The van der Waals surface area contributed by atoms with E-state index in [1.54, 1.807) is 31.1 Å². The highest BCUT2D eigenvalue weighted by Crippen LogP contribution is 2.28. The van der Waals surface area contributed by atoms with E-state index in [9.17, 15) is 22.4 Å². The van der Waals surface area contributed by atoms with Crippen LogP contribution in [0.2, 0.25) is 5.02 Å². The lowest BCUT2D eigenvalue weighted by molar-refractivity contribution is 0.0941. The summed E-state index contributed by atoms with van der Waals surface area (Å²) in [5.74, 6) is -2.39. The van der Waals surface area contributed by atoms with E-state index in [2.05, 4.69) is 15.6 Å². The molecule has 2 atom stereocenters. The first-order valence-corrected chi connectivity index (χ1v) is 12.4. The summed E-state index contributed by atoms with van der Waals surface area (Å²) < 4.78 is 41.0. The highest BCUT2D eigenvalue weighted by molar-refractivity contribution is 7.89. The fraction of sp³-hybridized carbons (Fsp3) is 0.450. The molecule has 0 bridgehead atoms. The number of nitrogens with zero attached hydrogens (tertiary/aromatic N) is 2. The van der Waals surface area contributed by atoms with Crippen LogP contribution in [0.1, 0.15) is 36.5 Å². The van der Waals surface area contributed by atoms with E-state index in [4.69, 9.17) is 11.6 Å². The van der Waals surface area contributed by atoms with E-state index in [0.717, 1.165) is 0 Å². The highest BCUT2D eigenvalue weighted by atomic mass is 35.5. The maximum atomic E-state index is 14.5. The molecule has 0 spiro atoms. The molecule has 1 fully saturated rings. The largest absolute Gasteiger partial charge is 0.340 e. The number of hydrazine groups is 1. The van der Waals surface area contributed by atoms with Crippen LogP contribution in [-0.4, -0.2) is 48.2 Å². The first-order chi connectivity index (χ1) is 15.6. The summed E-state index contributed by atoms with van der Waals surface area (Å²) in [6, 6.07) is 2.19. The van der Waals surface area contributed by atoms with Crippen LogP contribution in [0.25, 0.3) is 11.3 Å². The smallest absolute Gasteiger partial charge is 0.314 e. The number of aryl methyl sites for hydroxylation is 1. The molecule has 1 aromatic carbocycles. The fourth-order valence-electron chi connectivity index (χ4n) is 3.76. The summed E-state index contributed by atoms with van der Waals surface area (Å²) in [6.45, 7) is 2.30. The molecule has 1 aromatic heterocycles. The number of rotatable bonds is 8. The van der Waals surface area contributed by atoms with Gasteiger partial charge < -0.3 is 15.2 Å². The second-order valence-corrected chi connectivity index (χ2v) is 10.1. The number of nitrogens with one attached hydrogen (secondary N) is 4. The number of aromatic nitrogens is 2. The maximum Gasteiger partial charge on any atom is 0.314 e. The van der Waals surface area contributed by atoms with Gasteiger partial charge in [-0.15, -0.1) is 4.83 Å². The first-order valence-electron chi connectivity index (χ1n) is 10.4. The molecule has 1 aliphatic rings. The third-order valence-corrected chi connectivity index (χ3v) is 6.86. The van der Waals surface area contributed by atoms with Crippen LogP contribution in [-0.2, 0) is 17.1 Å². The zero-order valence-corrected chi connectivity index (χ0v) is 19.8. The monoisotopic (exact) mass is 500 g/mol. The molecule has 1 aliphatic carbocycles. The summed E-state index contributed by atoms with van der Waals surface area (Å²) in [7, 11) is -2.14. The van der Waals surface area contributed by atoms with Gasteiger partial charge in [-0.3, -0.25) is 10.2 Å². The Morgan fingerprint density at radius 3 is 2.73 bits per heavy atom. The Labute approximate surface area is 196 Å². The maximum absolute atomic E-state index is 14.5. The van der Waals surface area contributed by atoms with Gasteiger partial charge in [0.15, 0.2) is 5.82 Å². The van der Waals surface area contributed by atoms with E-state index in [1.165, 1.54) is 12.1 Å². The quantitative estimate of drug-likeness (QED) is 0.411. The van der Waals surface area contributed by atoms with Crippen LogP contribution in [0.3, 0.4) is 0 Å². The van der Waals surface area contributed by atoms with E-state index >= 15 is 0 Å². The Morgan fingerprint density at radius 1 is 1.30 bits per heavy atom. The Morgan fingerprint density at radius 2 is 2.06 bits per heavy atom. The summed E-state index contributed by atoms with van der Waals surface area (Å²) in [5.41, 5.74) is 2.51. The van der Waals surface area contributed by atoms with E-state index in [-0.39, 0.29) is 28.8 Å². The van der Waals surface area contributed by atoms with Crippen molar-refractivity contribution >= 4 is 33.6 Å². The minimum Gasteiger partial charge on any atom is -0.340 e. The van der Waals surface area contributed by atoms with Gasteiger partial charge in [-0.2, -0.15) is 0 Å². The molecule has 10 nitrogen and oxygen atoms in total. The molecule has 1 heterocycles. The van der Waals surface area contributed by atoms with Gasteiger partial charge in [0.2, 0.25) is 10.0 Å². The first kappa shape index (κ1) is 24.9. The van der Waals surface area contributed by atoms with Crippen molar-refractivity contribution < 1.29 is 22.4 Å². The van der Waals surface area contributed by atoms with Crippen LogP contribution in [0.4, 0.5) is 9.18 Å². The molecule has 1 saturated carbocycles. The number of benzene rings is 1. The van der Waals surface area contributed by atoms with Gasteiger partial charge in [-0.05, 0) is 44.2 Å². The van der Waals surface area contributed by atoms with Crippen molar-refractivity contribution in [2.24, 2.45) is 13.0 Å². The lowest BCUT2D eigenvalue weighted by Crippen LogP contribution is -2.44. The molecular weight excluding hydrogens is 475 g/mol. The second-order valence-electron chi connectivity index (χ2n) is 7.96. The van der Waals surface area contributed by atoms with Crippen molar-refractivity contribution in [1.29, 1.82) is 0 Å². The zero-order valence-electron chi connectivity index (χ0n) is 18.2. The summed E-state index contributed by atoms with van der Waals surface area (Å²) in [4.78, 5) is 30.3. The predicted molar refractivity (Wildman–Crippen MR) is 121 cm³/mol. The summed E-state index contributed by atoms with van der Waals surface area (Å²) in [5, 5.41) is 5.15. The molecule has 33 heavy (non-hydrogen) atoms. The number of halogens is 2. The van der Waals surface area contributed by atoms with Gasteiger partial charge in [0.25, 0.3) is 5.91 Å². The van der Waals surface area contributed by atoms with Gasteiger partial charge in [0, 0.05) is 31.4 Å². The number of carbonyl (C=O) groups excluding carboxylic acids is 2. The number of hydrogen-bond acceptors (Lipinski definition) is 5. The summed E-state index contributed by atoms with van der Waals surface area (Å²) in [6.07, 6.45) is 4.99. The number of amides is 3. The van der Waals surface area contributed by atoms with Crippen LogP contribution in [0.15, 0.2) is 24.7 Å². The molecule has 0 radical (unpaired) electrons. The molecule has 2 unspecified atom stereocenters. The SMILES string of the molecule is CCNC(=O)NC1CCC(CS(=O)(=O)NNC(=O)c2cc(-c3cn(C)cn3)cc(Cl)c2F)C1. The lowest BCUT2D eigenvalue weighted by Gasteiger charge is -2.15. The van der Waals surface area contributed by atoms with Gasteiger partial charge in [-0.1, -0.05) is 11.6 Å². The number of hydrogen-bond donors (Lipinski definition) is 4. The number of carbonyl (C=O) groups is 2. The van der Waals surface area contributed by atoms with Crippen molar-refractivity contribution in [2.45, 2.75) is 32.2 Å². The minimum atomic E-state index is -3.89. The minimum absolute atomic E-state index is 0.114. The van der Waals surface area contributed by atoms with Crippen LogP contribution < -0.4 is 20.9 Å². The lowest BCUT2D eigenvalue weighted by atomic mass is 10.1. The average molecular weight is 501 g/mol. The predicted octanol–water partition coefficient (Wildman–Crippen LogP) is 1.93. The van der Waals surface area contributed by atoms with Crippen LogP contribution in [0, 0.1) is 11.7 Å². The molecular formula is C20H26ClFN6O4S. The van der Waals surface area contributed by atoms with E-state index < -0.39 is 27.3 Å². The molecule has 0 aliphatic heterocycles.